The van der Waals surface area contributed by atoms with Gasteiger partial charge in [0.1, 0.15) is 5.82 Å². The summed E-state index contributed by atoms with van der Waals surface area (Å²) < 4.78 is 2.14. The van der Waals surface area contributed by atoms with E-state index in [0.717, 1.165) is 38.7 Å². The van der Waals surface area contributed by atoms with Gasteiger partial charge in [-0.2, -0.15) is 0 Å². The Morgan fingerprint density at radius 1 is 1.08 bits per heavy atom. The zero-order valence-electron chi connectivity index (χ0n) is 20.4. The number of fused-ring (bicyclic) bond motifs is 1. The highest BCUT2D eigenvalue weighted by Gasteiger charge is 2.38. The van der Waals surface area contributed by atoms with Crippen molar-refractivity contribution in [2.24, 2.45) is 0 Å². The van der Waals surface area contributed by atoms with E-state index in [0.29, 0.717) is 19.5 Å². The third-order valence-corrected chi connectivity index (χ3v) is 7.77. The summed E-state index contributed by atoms with van der Waals surface area (Å²) in [4.78, 5) is 37.9. The van der Waals surface area contributed by atoms with Crippen LogP contribution in [-0.4, -0.2) is 60.2 Å². The van der Waals surface area contributed by atoms with Crippen LogP contribution in [0.4, 0.5) is 0 Å². The minimum absolute atomic E-state index is 0.186. The van der Waals surface area contributed by atoms with Crippen molar-refractivity contribution in [1.82, 2.24) is 24.8 Å². The van der Waals surface area contributed by atoms with Crippen LogP contribution < -0.4 is 5.32 Å². The SMILES string of the molecule is Cc1nc2ccccc2n1Cc1ccc(CNC(=O)[C@H](O)[C@@H](O)C(=O)N2CCCC2c2ccccn2)s1. The Hall–Kier alpha value is -3.60. The fourth-order valence-corrected chi connectivity index (χ4v) is 5.74. The molecule has 1 saturated heterocycles. The molecule has 192 valence electrons. The second-order valence-electron chi connectivity index (χ2n) is 9.15. The van der Waals surface area contributed by atoms with E-state index in [9.17, 15) is 19.8 Å². The van der Waals surface area contributed by atoms with E-state index in [-0.39, 0.29) is 12.6 Å². The second-order valence-corrected chi connectivity index (χ2v) is 10.4. The van der Waals surface area contributed by atoms with Gasteiger partial charge >= 0.3 is 0 Å². The highest BCUT2D eigenvalue weighted by molar-refractivity contribution is 7.12. The van der Waals surface area contributed by atoms with Gasteiger partial charge < -0.3 is 25.0 Å². The average molecular weight is 520 g/mol. The maximum atomic E-state index is 12.9. The van der Waals surface area contributed by atoms with E-state index < -0.39 is 24.0 Å². The Balaban J connectivity index is 1.17. The van der Waals surface area contributed by atoms with Gasteiger partial charge in [-0.05, 0) is 56.2 Å². The van der Waals surface area contributed by atoms with Crippen molar-refractivity contribution in [3.63, 3.8) is 0 Å². The number of carbonyl (C=O) groups excluding carboxylic acids is 2. The van der Waals surface area contributed by atoms with E-state index in [4.69, 9.17) is 0 Å². The van der Waals surface area contributed by atoms with Crippen LogP contribution in [0.3, 0.4) is 0 Å². The van der Waals surface area contributed by atoms with Gasteiger partial charge in [0.05, 0.1) is 35.9 Å². The van der Waals surface area contributed by atoms with Crippen molar-refractivity contribution in [3.8, 4) is 0 Å². The normalized spacial score (nSPS) is 17.2. The van der Waals surface area contributed by atoms with Crippen LogP contribution in [-0.2, 0) is 22.7 Å². The molecule has 0 saturated carbocycles. The molecule has 1 fully saturated rings. The molecule has 1 aliphatic rings. The molecule has 4 aromatic rings. The largest absolute Gasteiger partial charge is 0.380 e. The molecule has 1 aromatic carbocycles. The summed E-state index contributed by atoms with van der Waals surface area (Å²) in [6.45, 7) is 3.26. The Bertz CT molecular complexity index is 1400. The molecule has 1 unspecified atom stereocenters. The number of aliphatic hydroxyl groups excluding tert-OH is 2. The van der Waals surface area contributed by atoms with E-state index >= 15 is 0 Å². The number of thiophene rings is 1. The van der Waals surface area contributed by atoms with Crippen molar-refractivity contribution in [1.29, 1.82) is 0 Å². The van der Waals surface area contributed by atoms with E-state index in [2.05, 4.69) is 19.9 Å². The molecule has 2 amide bonds. The topological polar surface area (TPSA) is 121 Å². The maximum absolute atomic E-state index is 12.9. The molecular weight excluding hydrogens is 490 g/mol. The molecule has 9 nitrogen and oxygen atoms in total. The third kappa shape index (κ3) is 5.27. The Kier molecular flexibility index (Phi) is 7.31. The summed E-state index contributed by atoms with van der Waals surface area (Å²) in [7, 11) is 0. The average Bonchev–Trinajstić information content (AvgIpc) is 3.66. The molecule has 1 aliphatic heterocycles. The number of carbonyl (C=O) groups is 2. The van der Waals surface area contributed by atoms with E-state index in [1.807, 2.05) is 55.5 Å². The molecule has 3 atom stereocenters. The van der Waals surface area contributed by atoms with Crippen LogP contribution in [0, 0.1) is 6.92 Å². The smallest absolute Gasteiger partial charge is 0.255 e. The minimum atomic E-state index is -1.86. The van der Waals surface area contributed by atoms with Crippen LogP contribution in [0.25, 0.3) is 11.0 Å². The highest BCUT2D eigenvalue weighted by Crippen LogP contribution is 2.31. The van der Waals surface area contributed by atoms with Gasteiger partial charge in [0.15, 0.2) is 12.2 Å². The molecule has 0 radical (unpaired) electrons. The van der Waals surface area contributed by atoms with E-state index in [1.54, 1.807) is 23.6 Å². The predicted molar refractivity (Wildman–Crippen MR) is 140 cm³/mol. The summed E-state index contributed by atoms with van der Waals surface area (Å²) in [6.07, 6.45) is -0.578. The van der Waals surface area contributed by atoms with Crippen LogP contribution in [0.5, 0.6) is 0 Å². The lowest BCUT2D eigenvalue weighted by Crippen LogP contribution is -2.50. The number of nitrogens with one attached hydrogen (secondary N) is 1. The molecular formula is C27H29N5O4S. The highest BCUT2D eigenvalue weighted by atomic mass is 32.1. The lowest BCUT2D eigenvalue weighted by molar-refractivity contribution is -0.153. The third-order valence-electron chi connectivity index (χ3n) is 6.70. The van der Waals surface area contributed by atoms with Gasteiger partial charge in [0.2, 0.25) is 0 Å². The van der Waals surface area contributed by atoms with Gasteiger partial charge in [-0.15, -0.1) is 11.3 Å². The number of benzene rings is 1. The van der Waals surface area contributed by atoms with Crippen LogP contribution in [0.2, 0.25) is 0 Å². The first-order chi connectivity index (χ1) is 17.9. The first kappa shape index (κ1) is 25.1. The molecule has 37 heavy (non-hydrogen) atoms. The summed E-state index contributed by atoms with van der Waals surface area (Å²) in [5.41, 5.74) is 2.74. The maximum Gasteiger partial charge on any atom is 0.255 e. The number of hydrogen-bond donors (Lipinski definition) is 3. The number of nitrogens with zero attached hydrogens (tertiary/aromatic N) is 4. The minimum Gasteiger partial charge on any atom is -0.380 e. The van der Waals surface area contributed by atoms with Gasteiger partial charge in [-0.3, -0.25) is 14.6 Å². The fourth-order valence-electron chi connectivity index (χ4n) is 4.79. The quantitative estimate of drug-likeness (QED) is 0.329. The van der Waals surface area contributed by atoms with Crippen molar-refractivity contribution < 1.29 is 19.8 Å². The molecule has 5 rings (SSSR count). The van der Waals surface area contributed by atoms with Crippen molar-refractivity contribution in [3.05, 3.63) is 82.1 Å². The second kappa shape index (κ2) is 10.8. The number of aryl methyl sites for hydroxylation is 1. The lowest BCUT2D eigenvalue weighted by Gasteiger charge is -2.28. The number of aliphatic hydroxyl groups is 2. The number of likely N-dealkylation sites (tertiary alicyclic amines) is 1. The molecule has 0 spiro atoms. The number of hydrogen-bond acceptors (Lipinski definition) is 7. The van der Waals surface area contributed by atoms with Crippen molar-refractivity contribution in [2.75, 3.05) is 6.54 Å². The van der Waals surface area contributed by atoms with Crippen LogP contribution >= 0.6 is 11.3 Å². The number of rotatable bonds is 8. The summed E-state index contributed by atoms with van der Waals surface area (Å²) in [6, 6.07) is 17.1. The number of pyridine rings is 1. The van der Waals surface area contributed by atoms with Gasteiger partial charge in [0, 0.05) is 22.5 Å². The first-order valence-electron chi connectivity index (χ1n) is 12.3. The number of imidazole rings is 1. The lowest BCUT2D eigenvalue weighted by atomic mass is 10.1. The number of para-hydroxylation sites is 2. The Labute approximate surface area is 218 Å². The molecule has 3 N–H and O–H groups in total. The van der Waals surface area contributed by atoms with Crippen molar-refractivity contribution in [2.45, 2.75) is 51.1 Å². The Morgan fingerprint density at radius 2 is 1.86 bits per heavy atom. The number of amides is 2. The monoisotopic (exact) mass is 519 g/mol. The Morgan fingerprint density at radius 3 is 2.68 bits per heavy atom. The fraction of sp³-hybridized carbons (Fsp3) is 0.333. The standard InChI is InChI=1S/C27H29N5O4S/c1-17-30-21-8-2-3-9-23(21)32(17)16-19-12-11-18(37-19)15-29-26(35)24(33)25(34)27(36)31-14-6-10-22(31)20-7-4-5-13-28-20/h2-5,7-9,11-13,22,24-25,33-34H,6,10,14-16H2,1H3,(H,29,35)/t22?,24-,25-/m1/s1. The molecule has 3 aromatic heterocycles. The molecule has 0 aliphatic carbocycles. The van der Waals surface area contributed by atoms with Crippen LogP contribution in [0.1, 0.15) is 40.2 Å². The predicted octanol–water partition coefficient (Wildman–Crippen LogP) is 2.55. The van der Waals surface area contributed by atoms with Crippen molar-refractivity contribution >= 4 is 34.2 Å². The zero-order chi connectivity index (χ0) is 25.9. The molecule has 4 heterocycles. The van der Waals surface area contributed by atoms with Gasteiger partial charge in [-0.25, -0.2) is 4.98 Å². The molecule has 10 heteroatoms. The van der Waals surface area contributed by atoms with Gasteiger partial charge in [0.25, 0.3) is 11.8 Å². The zero-order valence-corrected chi connectivity index (χ0v) is 21.3. The summed E-state index contributed by atoms with van der Waals surface area (Å²) in [5, 5.41) is 23.6. The summed E-state index contributed by atoms with van der Waals surface area (Å²) in [5.74, 6) is -0.535. The summed E-state index contributed by atoms with van der Waals surface area (Å²) >= 11 is 1.55. The van der Waals surface area contributed by atoms with Gasteiger partial charge in [-0.1, -0.05) is 18.2 Å². The van der Waals surface area contributed by atoms with Crippen LogP contribution in [0.15, 0.2) is 60.8 Å². The van der Waals surface area contributed by atoms with E-state index in [1.165, 1.54) is 4.90 Å². The number of aromatic nitrogens is 3. The molecule has 0 bridgehead atoms. The first-order valence-corrected chi connectivity index (χ1v) is 13.1.